The number of hydrogen-bond donors (Lipinski definition) is 1. The van der Waals surface area contributed by atoms with Crippen molar-refractivity contribution in [3.63, 3.8) is 0 Å². The van der Waals surface area contributed by atoms with E-state index in [0.717, 1.165) is 18.4 Å². The van der Waals surface area contributed by atoms with E-state index in [1.165, 1.54) is 18.2 Å². The number of hydrogen-bond acceptors (Lipinski definition) is 3. The lowest BCUT2D eigenvalue weighted by molar-refractivity contribution is -0.137. The molecule has 0 bridgehead atoms. The van der Waals surface area contributed by atoms with Gasteiger partial charge in [-0.25, -0.2) is 8.42 Å². The Labute approximate surface area is 175 Å². The number of rotatable bonds is 4. The van der Waals surface area contributed by atoms with E-state index in [1.54, 1.807) is 28.8 Å². The van der Waals surface area contributed by atoms with Crippen LogP contribution in [0, 0.1) is 6.07 Å². The van der Waals surface area contributed by atoms with Crippen molar-refractivity contribution in [3.05, 3.63) is 77.4 Å². The van der Waals surface area contributed by atoms with Crippen LogP contribution in [0.1, 0.15) is 21.5 Å². The van der Waals surface area contributed by atoms with Gasteiger partial charge < -0.3 is 10.3 Å². The molecule has 4 rings (SSSR count). The second-order valence-electron chi connectivity index (χ2n) is 7.21. The highest BCUT2D eigenvalue weighted by atomic mass is 32.2. The van der Waals surface area contributed by atoms with Gasteiger partial charge in [0, 0.05) is 29.1 Å². The summed E-state index contributed by atoms with van der Waals surface area (Å²) in [5.74, 6) is -0.699. The van der Waals surface area contributed by atoms with Crippen LogP contribution >= 0.6 is 0 Å². The van der Waals surface area contributed by atoms with Gasteiger partial charge in [0.05, 0.1) is 21.5 Å². The molecule has 1 aromatic heterocycles. The number of halogens is 3. The van der Waals surface area contributed by atoms with Crippen molar-refractivity contribution in [1.29, 1.82) is 0 Å². The molecule has 0 aliphatic rings. The number of nitrogens with two attached hydrogens (primary N) is 1. The summed E-state index contributed by atoms with van der Waals surface area (Å²) >= 11 is 0. The van der Waals surface area contributed by atoms with Gasteiger partial charge >= 0.3 is 6.18 Å². The van der Waals surface area contributed by atoms with Gasteiger partial charge in [0.2, 0.25) is 5.91 Å². The fourth-order valence-electron chi connectivity index (χ4n) is 3.62. The van der Waals surface area contributed by atoms with Crippen LogP contribution in [0.5, 0.6) is 0 Å². The monoisotopic (exact) mass is 445 g/mol. The maximum atomic E-state index is 13.3. The predicted molar refractivity (Wildman–Crippen MR) is 110 cm³/mol. The van der Waals surface area contributed by atoms with Gasteiger partial charge in [0.15, 0.2) is 9.84 Å². The Morgan fingerprint density at radius 1 is 1.10 bits per heavy atom. The SMILES string of the molecule is CS(=O)(=O)c1ccc(Cn2c3cc(C(F)(F)F)c[c]c3c3c(C(N)=O)cccc32)cc1. The van der Waals surface area contributed by atoms with E-state index in [-0.39, 0.29) is 22.5 Å². The zero-order valence-corrected chi connectivity index (χ0v) is 17.0. The molecule has 2 N–H and O–H groups in total. The Balaban J connectivity index is 1.97. The highest BCUT2D eigenvalue weighted by Crippen LogP contribution is 2.36. The fourth-order valence-corrected chi connectivity index (χ4v) is 4.25. The first-order valence-corrected chi connectivity index (χ1v) is 11.0. The van der Waals surface area contributed by atoms with E-state index in [0.29, 0.717) is 21.9 Å². The third kappa shape index (κ3) is 3.76. The summed E-state index contributed by atoms with van der Waals surface area (Å²) in [6.45, 7) is 0.154. The number of aromatic nitrogens is 1. The first kappa shape index (κ1) is 20.9. The Hall–Kier alpha value is -3.33. The molecule has 0 unspecified atom stereocenters. The van der Waals surface area contributed by atoms with Gasteiger partial charge in [0.25, 0.3) is 0 Å². The Morgan fingerprint density at radius 3 is 2.35 bits per heavy atom. The second-order valence-corrected chi connectivity index (χ2v) is 9.23. The van der Waals surface area contributed by atoms with Gasteiger partial charge in [-0.15, -0.1) is 0 Å². The molecule has 0 fully saturated rings. The van der Waals surface area contributed by atoms with Crippen LogP contribution in [0.4, 0.5) is 13.2 Å². The van der Waals surface area contributed by atoms with Crippen molar-refractivity contribution < 1.29 is 26.4 Å². The smallest absolute Gasteiger partial charge is 0.366 e. The molecule has 31 heavy (non-hydrogen) atoms. The normalized spacial score (nSPS) is 12.5. The summed E-state index contributed by atoms with van der Waals surface area (Å²) in [6.07, 6.45) is -3.47. The van der Waals surface area contributed by atoms with Crippen molar-refractivity contribution in [3.8, 4) is 0 Å². The molecule has 0 aliphatic carbocycles. The van der Waals surface area contributed by atoms with Crippen molar-refractivity contribution in [1.82, 2.24) is 4.57 Å². The third-order valence-corrected chi connectivity index (χ3v) is 6.21. The van der Waals surface area contributed by atoms with E-state index in [2.05, 4.69) is 6.07 Å². The zero-order valence-electron chi connectivity index (χ0n) is 16.2. The van der Waals surface area contributed by atoms with Crippen molar-refractivity contribution >= 4 is 37.6 Å². The minimum absolute atomic E-state index is 0.141. The molecule has 0 spiro atoms. The molecule has 1 amide bonds. The van der Waals surface area contributed by atoms with E-state index in [1.807, 2.05) is 0 Å². The van der Waals surface area contributed by atoms with Crippen LogP contribution in [0.25, 0.3) is 21.8 Å². The quantitative estimate of drug-likeness (QED) is 0.512. The van der Waals surface area contributed by atoms with Crippen molar-refractivity contribution in [2.24, 2.45) is 5.73 Å². The molecule has 0 aliphatic heterocycles. The lowest BCUT2D eigenvalue weighted by Gasteiger charge is -2.11. The fraction of sp³-hybridized carbons (Fsp3) is 0.136. The van der Waals surface area contributed by atoms with Crippen LogP contribution in [0.15, 0.2) is 59.5 Å². The van der Waals surface area contributed by atoms with Crippen molar-refractivity contribution in [2.75, 3.05) is 6.26 Å². The maximum Gasteiger partial charge on any atom is 0.416 e. The number of amides is 1. The van der Waals surface area contributed by atoms with Crippen LogP contribution < -0.4 is 5.73 Å². The Bertz CT molecular complexity index is 1440. The number of carbonyl (C=O) groups is 1. The molecular weight excluding hydrogens is 429 g/mol. The average molecular weight is 445 g/mol. The number of sulfone groups is 1. The number of benzene rings is 3. The lowest BCUT2D eigenvalue weighted by atomic mass is 10.0. The van der Waals surface area contributed by atoms with E-state index in [4.69, 9.17) is 5.73 Å². The molecule has 0 saturated heterocycles. The van der Waals surface area contributed by atoms with Gasteiger partial charge in [0.1, 0.15) is 0 Å². The number of nitrogens with zero attached hydrogens (tertiary/aromatic N) is 1. The van der Waals surface area contributed by atoms with E-state index < -0.39 is 27.5 Å². The zero-order chi connectivity index (χ0) is 22.6. The number of alkyl halides is 3. The summed E-state index contributed by atoms with van der Waals surface area (Å²) in [5.41, 5.74) is 6.25. The van der Waals surface area contributed by atoms with Crippen LogP contribution in [0.3, 0.4) is 0 Å². The van der Waals surface area contributed by atoms with E-state index in [9.17, 15) is 26.4 Å². The topological polar surface area (TPSA) is 82.2 Å². The number of primary amides is 1. The first-order chi connectivity index (χ1) is 14.5. The van der Waals surface area contributed by atoms with Gasteiger partial charge in [-0.3, -0.25) is 4.79 Å². The third-order valence-electron chi connectivity index (χ3n) is 5.08. The molecule has 5 nitrogen and oxygen atoms in total. The summed E-state index contributed by atoms with van der Waals surface area (Å²) < 4.78 is 65.0. The van der Waals surface area contributed by atoms with Crippen molar-refractivity contribution in [2.45, 2.75) is 17.6 Å². The van der Waals surface area contributed by atoms with Gasteiger partial charge in [-0.05, 0) is 48.0 Å². The molecule has 1 heterocycles. The summed E-state index contributed by atoms with van der Waals surface area (Å²) in [7, 11) is -3.38. The number of carbonyl (C=O) groups excluding carboxylic acids is 1. The van der Waals surface area contributed by atoms with Crippen LogP contribution in [-0.2, 0) is 22.6 Å². The molecule has 9 heteroatoms. The largest absolute Gasteiger partial charge is 0.416 e. The summed E-state index contributed by atoms with van der Waals surface area (Å²) in [6, 6.07) is 15.4. The average Bonchev–Trinajstić information content (AvgIpc) is 3.00. The molecular formula is C22H16F3N2O3S. The highest BCUT2D eigenvalue weighted by molar-refractivity contribution is 7.90. The molecule has 159 valence electrons. The molecule has 0 atom stereocenters. The van der Waals surface area contributed by atoms with Gasteiger partial charge in [-0.1, -0.05) is 18.2 Å². The summed E-state index contributed by atoms with van der Waals surface area (Å²) in [5, 5.41) is 0.775. The minimum Gasteiger partial charge on any atom is -0.366 e. The lowest BCUT2D eigenvalue weighted by Crippen LogP contribution is -2.11. The predicted octanol–water partition coefficient (Wildman–Crippen LogP) is 4.16. The summed E-state index contributed by atoms with van der Waals surface area (Å²) in [4.78, 5) is 12.1. The van der Waals surface area contributed by atoms with E-state index >= 15 is 0 Å². The molecule has 1 radical (unpaired) electrons. The first-order valence-electron chi connectivity index (χ1n) is 9.09. The Kier molecular flexibility index (Phi) is 4.81. The molecule has 4 aromatic rings. The second kappa shape index (κ2) is 7.12. The number of fused-ring (bicyclic) bond motifs is 3. The molecule has 0 saturated carbocycles. The van der Waals surface area contributed by atoms with Crippen LogP contribution in [0.2, 0.25) is 0 Å². The van der Waals surface area contributed by atoms with Crippen LogP contribution in [-0.4, -0.2) is 25.1 Å². The standard InChI is InChI=1S/C22H16F3N2O3S/c1-31(29,30)15-8-5-13(6-9-15)12-27-18-4-2-3-17(21(26)28)20(18)16-10-7-14(11-19(16)27)22(23,24)25/h2-9,11H,12H2,1H3,(H2,26,28). The van der Waals surface area contributed by atoms with Gasteiger partial charge in [-0.2, -0.15) is 13.2 Å². The maximum absolute atomic E-state index is 13.3. The minimum atomic E-state index is -4.56. The highest BCUT2D eigenvalue weighted by Gasteiger charge is 2.31. The molecule has 3 aromatic carbocycles. The Morgan fingerprint density at radius 2 is 1.77 bits per heavy atom.